The maximum absolute atomic E-state index is 12.8. The van der Waals surface area contributed by atoms with Crippen LogP contribution in [0.3, 0.4) is 0 Å². The quantitative estimate of drug-likeness (QED) is 0.690. The van der Waals surface area contributed by atoms with Crippen molar-refractivity contribution < 1.29 is 28.7 Å². The average molecular weight is 340 g/mol. The van der Waals surface area contributed by atoms with E-state index in [-0.39, 0.29) is 18.7 Å². The van der Waals surface area contributed by atoms with Crippen molar-refractivity contribution in [1.82, 2.24) is 10.0 Å². The molecule has 0 saturated carbocycles. The van der Waals surface area contributed by atoms with Crippen LogP contribution in [0.4, 0.5) is 0 Å². The van der Waals surface area contributed by atoms with Crippen molar-refractivity contribution in [2.45, 2.75) is 71.1 Å². The molecule has 0 spiro atoms. The van der Waals surface area contributed by atoms with Gasteiger partial charge in [-0.05, 0) is 33.6 Å². The van der Waals surface area contributed by atoms with Crippen molar-refractivity contribution in [1.29, 1.82) is 0 Å². The molecule has 8 heteroatoms. The maximum atomic E-state index is 12.8. The second kappa shape index (κ2) is 6.78. The first-order valence-electron chi connectivity index (χ1n) is 8.13. The standard InChI is InChI=1S/C16H24N2O6/c1-10(19)23-12-7-8-13(20)17-9-5-6-11(18(17)14(12)21)15(22)24-16(2,3)4/h11-12H,5-9H2,1-4H3/t11-,12-/m0/s1. The van der Waals surface area contributed by atoms with Crippen molar-refractivity contribution in [3.63, 3.8) is 0 Å². The highest BCUT2D eigenvalue weighted by atomic mass is 16.6. The SMILES string of the molecule is CC(=O)O[C@H]1CCC(=O)N2CCC[C@@H](C(=O)OC(C)(C)C)N2C1=O. The molecule has 2 fully saturated rings. The molecule has 0 N–H and O–H groups in total. The lowest BCUT2D eigenvalue weighted by molar-refractivity contribution is -0.191. The Morgan fingerprint density at radius 1 is 1.17 bits per heavy atom. The van der Waals surface area contributed by atoms with Crippen LogP contribution in [0.2, 0.25) is 0 Å². The van der Waals surface area contributed by atoms with Gasteiger partial charge in [0.1, 0.15) is 5.60 Å². The van der Waals surface area contributed by atoms with Crippen molar-refractivity contribution in [3.05, 3.63) is 0 Å². The summed E-state index contributed by atoms with van der Waals surface area (Å²) in [7, 11) is 0. The molecule has 2 heterocycles. The first-order valence-corrected chi connectivity index (χ1v) is 8.13. The molecule has 2 saturated heterocycles. The smallest absolute Gasteiger partial charge is 0.331 e. The lowest BCUT2D eigenvalue weighted by atomic mass is 10.1. The van der Waals surface area contributed by atoms with Gasteiger partial charge < -0.3 is 9.47 Å². The van der Waals surface area contributed by atoms with E-state index in [4.69, 9.17) is 9.47 Å². The summed E-state index contributed by atoms with van der Waals surface area (Å²) in [6, 6.07) is -0.884. The minimum atomic E-state index is -1.06. The Balaban J connectivity index is 2.29. The lowest BCUT2D eigenvalue weighted by Gasteiger charge is -2.42. The Hall–Kier alpha value is -2.12. The summed E-state index contributed by atoms with van der Waals surface area (Å²) in [6.45, 7) is 6.78. The molecule has 2 atom stereocenters. The molecule has 8 nitrogen and oxygen atoms in total. The number of esters is 2. The number of hydrogen-bond donors (Lipinski definition) is 0. The fraction of sp³-hybridized carbons (Fsp3) is 0.750. The summed E-state index contributed by atoms with van der Waals surface area (Å²) in [5.41, 5.74) is -0.701. The van der Waals surface area contributed by atoms with Crippen molar-refractivity contribution in [2.24, 2.45) is 0 Å². The van der Waals surface area contributed by atoms with E-state index in [0.717, 1.165) is 5.01 Å². The second-order valence-electron chi connectivity index (χ2n) is 7.03. The van der Waals surface area contributed by atoms with Crippen LogP contribution < -0.4 is 0 Å². The van der Waals surface area contributed by atoms with E-state index in [2.05, 4.69) is 0 Å². The third-order valence-electron chi connectivity index (χ3n) is 3.80. The maximum Gasteiger partial charge on any atom is 0.331 e. The summed E-state index contributed by atoms with van der Waals surface area (Å²) in [5.74, 6) is -1.96. The molecule has 2 amide bonds. The van der Waals surface area contributed by atoms with Crippen LogP contribution in [0.25, 0.3) is 0 Å². The number of amides is 2. The zero-order valence-electron chi connectivity index (χ0n) is 14.5. The Morgan fingerprint density at radius 2 is 1.83 bits per heavy atom. The van der Waals surface area contributed by atoms with Crippen molar-refractivity contribution in [2.75, 3.05) is 6.54 Å². The van der Waals surface area contributed by atoms with Gasteiger partial charge in [0.25, 0.3) is 5.91 Å². The van der Waals surface area contributed by atoms with E-state index in [9.17, 15) is 19.2 Å². The van der Waals surface area contributed by atoms with Gasteiger partial charge in [-0.25, -0.2) is 9.80 Å². The van der Waals surface area contributed by atoms with E-state index in [1.807, 2.05) is 0 Å². The first kappa shape index (κ1) is 18.2. The highest BCUT2D eigenvalue weighted by molar-refractivity contribution is 5.92. The van der Waals surface area contributed by atoms with Crippen LogP contribution in [0, 0.1) is 0 Å². The van der Waals surface area contributed by atoms with Gasteiger partial charge in [-0.1, -0.05) is 0 Å². The van der Waals surface area contributed by atoms with E-state index < -0.39 is 35.6 Å². The molecule has 134 valence electrons. The molecule has 0 aromatic rings. The Morgan fingerprint density at radius 3 is 2.42 bits per heavy atom. The Bertz CT molecular complexity index is 553. The van der Waals surface area contributed by atoms with E-state index in [1.165, 1.54) is 11.9 Å². The minimum absolute atomic E-state index is 0.0845. The fourth-order valence-electron chi connectivity index (χ4n) is 2.90. The zero-order chi connectivity index (χ0) is 18.1. The summed E-state index contributed by atoms with van der Waals surface area (Å²) in [5, 5.41) is 2.43. The summed E-state index contributed by atoms with van der Waals surface area (Å²) in [4.78, 5) is 48.8. The summed E-state index contributed by atoms with van der Waals surface area (Å²) >= 11 is 0. The van der Waals surface area contributed by atoms with Gasteiger partial charge in [0.15, 0.2) is 12.1 Å². The average Bonchev–Trinajstić information content (AvgIpc) is 2.57. The molecule has 2 aliphatic heterocycles. The topological polar surface area (TPSA) is 93.2 Å². The number of rotatable bonds is 2. The number of fused-ring (bicyclic) bond motifs is 1. The van der Waals surface area contributed by atoms with Gasteiger partial charge in [0.05, 0.1) is 0 Å². The van der Waals surface area contributed by atoms with Crippen LogP contribution in [-0.2, 0) is 28.7 Å². The molecular formula is C16H24N2O6. The lowest BCUT2D eigenvalue weighted by Crippen LogP contribution is -2.61. The monoisotopic (exact) mass is 340 g/mol. The van der Waals surface area contributed by atoms with Gasteiger partial charge in [-0.15, -0.1) is 0 Å². The minimum Gasteiger partial charge on any atom is -0.458 e. The first-order chi connectivity index (χ1) is 11.1. The summed E-state index contributed by atoms with van der Waals surface area (Å²) in [6.07, 6.45) is 0.140. The molecule has 24 heavy (non-hydrogen) atoms. The molecule has 2 aliphatic rings. The third-order valence-corrected chi connectivity index (χ3v) is 3.80. The summed E-state index contributed by atoms with van der Waals surface area (Å²) < 4.78 is 10.4. The van der Waals surface area contributed by atoms with Gasteiger partial charge in [-0.2, -0.15) is 0 Å². The van der Waals surface area contributed by atoms with Crippen LogP contribution in [-0.4, -0.2) is 58.1 Å². The predicted octanol–water partition coefficient (Wildman–Crippen LogP) is 0.788. The molecule has 0 aliphatic carbocycles. The van der Waals surface area contributed by atoms with Crippen LogP contribution >= 0.6 is 0 Å². The van der Waals surface area contributed by atoms with E-state index in [0.29, 0.717) is 19.4 Å². The predicted molar refractivity (Wildman–Crippen MR) is 82.2 cm³/mol. The zero-order valence-corrected chi connectivity index (χ0v) is 14.5. The highest BCUT2D eigenvalue weighted by Crippen LogP contribution is 2.27. The number of hydrazine groups is 1. The van der Waals surface area contributed by atoms with Gasteiger partial charge in [0, 0.05) is 26.3 Å². The molecule has 0 bridgehead atoms. The van der Waals surface area contributed by atoms with Gasteiger partial charge in [-0.3, -0.25) is 19.4 Å². The van der Waals surface area contributed by atoms with Crippen LogP contribution in [0.15, 0.2) is 0 Å². The van der Waals surface area contributed by atoms with Gasteiger partial charge in [0.2, 0.25) is 5.91 Å². The number of carbonyl (C=O) groups excluding carboxylic acids is 4. The van der Waals surface area contributed by atoms with Crippen LogP contribution in [0.5, 0.6) is 0 Å². The third kappa shape index (κ3) is 4.04. The molecule has 0 aromatic carbocycles. The molecule has 0 radical (unpaired) electrons. The van der Waals surface area contributed by atoms with Gasteiger partial charge >= 0.3 is 11.9 Å². The highest BCUT2D eigenvalue weighted by Gasteiger charge is 2.46. The van der Waals surface area contributed by atoms with Crippen molar-refractivity contribution >= 4 is 23.8 Å². The Kier molecular flexibility index (Phi) is 5.15. The molecule has 2 rings (SSSR count). The number of ether oxygens (including phenoxy) is 2. The number of hydrogen-bond acceptors (Lipinski definition) is 6. The van der Waals surface area contributed by atoms with Crippen molar-refractivity contribution in [3.8, 4) is 0 Å². The normalized spacial score (nSPS) is 25.0. The fourth-order valence-corrected chi connectivity index (χ4v) is 2.90. The molecule has 0 aromatic heterocycles. The molecular weight excluding hydrogens is 316 g/mol. The van der Waals surface area contributed by atoms with E-state index >= 15 is 0 Å². The molecule has 0 unspecified atom stereocenters. The Labute approximate surface area is 141 Å². The second-order valence-corrected chi connectivity index (χ2v) is 7.03. The number of nitrogens with zero attached hydrogens (tertiary/aromatic N) is 2. The largest absolute Gasteiger partial charge is 0.458 e. The van der Waals surface area contributed by atoms with Crippen LogP contribution in [0.1, 0.15) is 53.4 Å². The number of carbonyl (C=O) groups is 4. The van der Waals surface area contributed by atoms with E-state index in [1.54, 1.807) is 20.8 Å².